The zero-order valence-electron chi connectivity index (χ0n) is 15.9. The van der Waals surface area contributed by atoms with Crippen LogP contribution in [0.4, 0.5) is 0 Å². The molecule has 0 spiro atoms. The third-order valence-corrected chi connectivity index (χ3v) is 7.34. The van der Waals surface area contributed by atoms with E-state index in [9.17, 15) is 8.42 Å². The van der Waals surface area contributed by atoms with Gasteiger partial charge in [0, 0.05) is 23.8 Å². The molecule has 1 aliphatic carbocycles. The summed E-state index contributed by atoms with van der Waals surface area (Å²) >= 11 is 0. The van der Waals surface area contributed by atoms with Crippen molar-refractivity contribution in [1.82, 2.24) is 13.9 Å². The summed E-state index contributed by atoms with van der Waals surface area (Å²) in [6.07, 6.45) is 4.89. The van der Waals surface area contributed by atoms with Crippen molar-refractivity contribution in [2.45, 2.75) is 30.7 Å². The number of benzene rings is 2. The molecule has 7 heteroatoms. The molecule has 29 heavy (non-hydrogen) atoms. The first-order valence-electron chi connectivity index (χ1n) is 9.50. The summed E-state index contributed by atoms with van der Waals surface area (Å²) in [6, 6.07) is 14.2. The summed E-state index contributed by atoms with van der Waals surface area (Å²) in [5.41, 5.74) is 10.9. The highest BCUT2D eigenvalue weighted by atomic mass is 32.2. The second kappa shape index (κ2) is 6.50. The Hall–Kier alpha value is -3.03. The molecular formula is C22H20N4O2S. The van der Waals surface area contributed by atoms with Gasteiger partial charge in [-0.05, 0) is 55.2 Å². The Morgan fingerprint density at radius 3 is 2.59 bits per heavy atom. The molecule has 6 nitrogen and oxygen atoms in total. The minimum absolute atomic E-state index is 0.00909. The molecule has 0 bridgehead atoms. The Morgan fingerprint density at radius 1 is 1.07 bits per heavy atom. The largest absolute Gasteiger partial charge is 0.324 e. The van der Waals surface area contributed by atoms with Crippen molar-refractivity contribution in [3.05, 3.63) is 77.7 Å². The molecule has 2 aromatic carbocycles. The van der Waals surface area contributed by atoms with Gasteiger partial charge < -0.3 is 5.73 Å². The number of fused-ring (bicyclic) bond motifs is 3. The maximum atomic E-state index is 13.7. The van der Waals surface area contributed by atoms with E-state index in [0.717, 1.165) is 29.4 Å². The molecule has 1 atom stereocenters. The van der Waals surface area contributed by atoms with E-state index >= 15 is 0 Å². The number of rotatable bonds is 3. The molecular weight excluding hydrogens is 384 g/mol. The van der Waals surface area contributed by atoms with Crippen molar-refractivity contribution < 1.29 is 8.42 Å². The molecule has 0 unspecified atom stereocenters. The van der Waals surface area contributed by atoms with Crippen LogP contribution in [0.1, 0.15) is 29.3 Å². The van der Waals surface area contributed by atoms with Gasteiger partial charge in [-0.15, -0.1) is 0 Å². The number of hydrogen-bond acceptors (Lipinski definition) is 5. The molecule has 0 radical (unpaired) electrons. The Balaban J connectivity index is 1.89. The molecule has 4 aromatic rings. The molecule has 0 saturated heterocycles. The minimum Gasteiger partial charge on any atom is -0.324 e. The molecule has 2 heterocycles. The third-order valence-electron chi connectivity index (χ3n) is 5.60. The quantitative estimate of drug-likeness (QED) is 0.563. The highest BCUT2D eigenvalue weighted by Gasteiger charge is 2.29. The average Bonchev–Trinajstić information content (AvgIpc) is 3.30. The fraction of sp³-hybridized carbons (Fsp3) is 0.182. The molecule has 0 saturated carbocycles. The van der Waals surface area contributed by atoms with E-state index in [0.29, 0.717) is 22.6 Å². The smallest absolute Gasteiger partial charge is 0.268 e. The van der Waals surface area contributed by atoms with Gasteiger partial charge in [-0.2, -0.15) is 0 Å². The van der Waals surface area contributed by atoms with Crippen LogP contribution < -0.4 is 5.73 Å². The Morgan fingerprint density at radius 2 is 1.83 bits per heavy atom. The van der Waals surface area contributed by atoms with Crippen molar-refractivity contribution in [1.29, 1.82) is 0 Å². The fourth-order valence-corrected chi connectivity index (χ4v) is 5.72. The Kier molecular flexibility index (Phi) is 4.04. The first-order valence-corrected chi connectivity index (χ1v) is 10.9. The van der Waals surface area contributed by atoms with Crippen molar-refractivity contribution in [3.8, 4) is 11.4 Å². The van der Waals surface area contributed by atoms with Crippen LogP contribution in [0.25, 0.3) is 22.3 Å². The molecule has 2 aromatic heterocycles. The fourth-order valence-electron chi connectivity index (χ4n) is 4.19. The van der Waals surface area contributed by atoms with Crippen molar-refractivity contribution >= 4 is 20.9 Å². The van der Waals surface area contributed by atoms with Crippen LogP contribution in [0.5, 0.6) is 0 Å². The normalized spacial score (nSPS) is 16.3. The van der Waals surface area contributed by atoms with Crippen molar-refractivity contribution in [2.24, 2.45) is 5.73 Å². The monoisotopic (exact) mass is 404 g/mol. The number of aryl methyl sites for hydroxylation is 2. The topological polar surface area (TPSA) is 90.9 Å². The minimum atomic E-state index is -3.83. The van der Waals surface area contributed by atoms with Gasteiger partial charge in [0.15, 0.2) is 0 Å². The summed E-state index contributed by atoms with van der Waals surface area (Å²) in [7, 11) is -3.83. The average molecular weight is 404 g/mol. The maximum absolute atomic E-state index is 13.7. The number of hydrogen-bond donors (Lipinski definition) is 1. The molecule has 0 amide bonds. The molecule has 0 aliphatic heterocycles. The van der Waals surface area contributed by atoms with E-state index in [4.69, 9.17) is 5.73 Å². The van der Waals surface area contributed by atoms with Crippen LogP contribution >= 0.6 is 0 Å². The third kappa shape index (κ3) is 2.69. The molecule has 2 N–H and O–H groups in total. The lowest BCUT2D eigenvalue weighted by Gasteiger charge is -2.13. The van der Waals surface area contributed by atoms with E-state index in [1.165, 1.54) is 3.97 Å². The zero-order valence-corrected chi connectivity index (χ0v) is 16.7. The summed E-state index contributed by atoms with van der Waals surface area (Å²) in [4.78, 5) is 9.00. The van der Waals surface area contributed by atoms with Gasteiger partial charge in [0.25, 0.3) is 10.0 Å². The second-order valence-electron chi connectivity index (χ2n) is 7.31. The predicted octanol–water partition coefficient (Wildman–Crippen LogP) is 3.59. The van der Waals surface area contributed by atoms with Gasteiger partial charge in [0.2, 0.25) is 0 Å². The van der Waals surface area contributed by atoms with Crippen LogP contribution in [0.15, 0.2) is 65.8 Å². The molecule has 5 rings (SSSR count). The van der Waals surface area contributed by atoms with E-state index in [1.54, 1.807) is 42.7 Å². The lowest BCUT2D eigenvalue weighted by atomic mass is 10.0. The van der Waals surface area contributed by atoms with E-state index in [-0.39, 0.29) is 10.9 Å². The van der Waals surface area contributed by atoms with Crippen LogP contribution in [0.3, 0.4) is 0 Å². The summed E-state index contributed by atoms with van der Waals surface area (Å²) in [5.74, 6) is 0. The van der Waals surface area contributed by atoms with Crippen LogP contribution in [-0.2, 0) is 16.4 Å². The van der Waals surface area contributed by atoms with E-state index < -0.39 is 10.0 Å². The summed E-state index contributed by atoms with van der Waals surface area (Å²) in [5, 5.41) is 0.912. The summed E-state index contributed by atoms with van der Waals surface area (Å²) < 4.78 is 28.7. The van der Waals surface area contributed by atoms with E-state index in [2.05, 4.69) is 9.97 Å². The van der Waals surface area contributed by atoms with Crippen LogP contribution in [0.2, 0.25) is 0 Å². The van der Waals surface area contributed by atoms with Gasteiger partial charge in [0.05, 0.1) is 21.8 Å². The highest BCUT2D eigenvalue weighted by Crippen LogP contribution is 2.39. The molecule has 146 valence electrons. The van der Waals surface area contributed by atoms with Gasteiger partial charge >= 0.3 is 0 Å². The van der Waals surface area contributed by atoms with E-state index in [1.807, 2.05) is 25.1 Å². The van der Waals surface area contributed by atoms with Gasteiger partial charge in [0.1, 0.15) is 5.69 Å². The number of nitrogens with two attached hydrogens (primary N) is 1. The SMILES string of the molecule is Cc1nccnc1-c1cc2c3c(ccc2n1S(=O)(=O)c1ccccc1)[C@H](N)CC3. The zero-order chi connectivity index (χ0) is 20.2. The maximum Gasteiger partial charge on any atom is 0.268 e. The molecule has 1 aliphatic rings. The lowest BCUT2D eigenvalue weighted by molar-refractivity contribution is 0.589. The second-order valence-corrected chi connectivity index (χ2v) is 9.10. The lowest BCUT2D eigenvalue weighted by Crippen LogP contribution is -2.15. The Bertz CT molecular complexity index is 1340. The van der Waals surface area contributed by atoms with Crippen LogP contribution in [-0.4, -0.2) is 22.4 Å². The standard InChI is InChI=1S/C22H20N4O2S/c1-14-22(25-12-11-24-14)21-13-18-16-7-9-19(23)17(16)8-10-20(18)26(21)29(27,28)15-5-3-2-4-6-15/h2-6,8,10-13,19H,7,9,23H2,1H3/t19-/m1/s1. The number of aromatic nitrogens is 3. The van der Waals surface area contributed by atoms with Crippen molar-refractivity contribution in [2.75, 3.05) is 0 Å². The van der Waals surface area contributed by atoms with Crippen LogP contribution in [0, 0.1) is 6.92 Å². The first kappa shape index (κ1) is 18.0. The predicted molar refractivity (Wildman–Crippen MR) is 112 cm³/mol. The van der Waals surface area contributed by atoms with Gasteiger partial charge in [-0.1, -0.05) is 24.3 Å². The first-order chi connectivity index (χ1) is 14.0. The number of nitrogens with zero attached hydrogens (tertiary/aromatic N) is 3. The Labute approximate surface area is 169 Å². The molecule has 0 fully saturated rings. The van der Waals surface area contributed by atoms with Gasteiger partial charge in [-0.3, -0.25) is 9.97 Å². The highest BCUT2D eigenvalue weighted by molar-refractivity contribution is 7.90. The van der Waals surface area contributed by atoms with Crippen molar-refractivity contribution in [3.63, 3.8) is 0 Å². The summed E-state index contributed by atoms with van der Waals surface area (Å²) in [6.45, 7) is 1.83. The van der Waals surface area contributed by atoms with Gasteiger partial charge in [-0.25, -0.2) is 12.4 Å².